The smallest absolute Gasteiger partial charge is 0.191 e. The van der Waals surface area contributed by atoms with Crippen molar-refractivity contribution < 1.29 is 17.9 Å². The lowest BCUT2D eigenvalue weighted by atomic mass is 10.1. The third-order valence-corrected chi connectivity index (χ3v) is 5.83. The first kappa shape index (κ1) is 22.5. The van der Waals surface area contributed by atoms with Crippen LogP contribution in [0.2, 0.25) is 0 Å². The third-order valence-electron chi connectivity index (χ3n) is 4.70. The number of nitrogens with one attached hydrogen (secondary N) is 2. The number of ether oxygens (including phenoxy) is 2. The molecule has 1 aliphatic rings. The van der Waals surface area contributed by atoms with Crippen molar-refractivity contribution in [3.63, 3.8) is 0 Å². The van der Waals surface area contributed by atoms with Crippen molar-refractivity contribution in [2.24, 2.45) is 10.4 Å². The lowest BCUT2D eigenvalue weighted by molar-refractivity contribution is 0.145. The Morgan fingerprint density at radius 1 is 1.21 bits per heavy atom. The summed E-state index contributed by atoms with van der Waals surface area (Å²) in [6, 6.07) is 7.81. The van der Waals surface area contributed by atoms with Gasteiger partial charge in [0.1, 0.15) is 15.6 Å². The summed E-state index contributed by atoms with van der Waals surface area (Å²) in [5, 5.41) is 6.66. The molecule has 2 N–H and O–H groups in total. The zero-order chi connectivity index (χ0) is 20.5. The Labute approximate surface area is 168 Å². The molecule has 0 amide bonds. The molecule has 0 aliphatic heterocycles. The van der Waals surface area contributed by atoms with Gasteiger partial charge in [0.2, 0.25) is 0 Å². The zero-order valence-electron chi connectivity index (χ0n) is 17.2. The Bertz CT molecular complexity index is 728. The molecule has 1 saturated carbocycles. The molecule has 1 aromatic rings. The van der Waals surface area contributed by atoms with Gasteiger partial charge in [0.25, 0.3) is 0 Å². The van der Waals surface area contributed by atoms with E-state index in [4.69, 9.17) is 9.47 Å². The number of hydrogen-bond acceptors (Lipinski definition) is 5. The molecule has 0 atom stereocenters. The van der Waals surface area contributed by atoms with Gasteiger partial charge in [0.05, 0.1) is 19.4 Å². The van der Waals surface area contributed by atoms with Crippen LogP contribution in [-0.4, -0.2) is 59.8 Å². The number of nitrogens with zero attached hydrogens (tertiary/aromatic N) is 1. The number of methoxy groups -OCH3 is 1. The van der Waals surface area contributed by atoms with E-state index in [-0.39, 0.29) is 11.2 Å². The van der Waals surface area contributed by atoms with E-state index in [1.165, 1.54) is 6.26 Å². The zero-order valence-corrected chi connectivity index (χ0v) is 18.0. The van der Waals surface area contributed by atoms with Gasteiger partial charge in [-0.2, -0.15) is 0 Å². The predicted molar refractivity (Wildman–Crippen MR) is 113 cm³/mol. The molecule has 2 rings (SSSR count). The summed E-state index contributed by atoms with van der Waals surface area (Å²) in [7, 11) is -1.34. The number of hydrogen-bond donors (Lipinski definition) is 2. The minimum atomic E-state index is -2.99. The largest absolute Gasteiger partial charge is 0.497 e. The van der Waals surface area contributed by atoms with Crippen LogP contribution >= 0.6 is 0 Å². The van der Waals surface area contributed by atoms with Gasteiger partial charge in [-0.1, -0.05) is 12.1 Å². The quantitative estimate of drug-likeness (QED) is 0.311. The van der Waals surface area contributed by atoms with Gasteiger partial charge in [-0.15, -0.1) is 0 Å². The molecule has 8 heteroatoms. The van der Waals surface area contributed by atoms with Gasteiger partial charge in [-0.05, 0) is 43.9 Å². The van der Waals surface area contributed by atoms with E-state index < -0.39 is 9.84 Å². The highest BCUT2D eigenvalue weighted by molar-refractivity contribution is 7.90. The van der Waals surface area contributed by atoms with Gasteiger partial charge in [0.15, 0.2) is 5.96 Å². The van der Waals surface area contributed by atoms with Crippen molar-refractivity contribution in [3.05, 3.63) is 29.8 Å². The van der Waals surface area contributed by atoms with E-state index in [2.05, 4.69) is 15.6 Å². The fraction of sp³-hybridized carbons (Fsp3) is 0.650. The maximum Gasteiger partial charge on any atom is 0.191 e. The third kappa shape index (κ3) is 8.48. The molecular weight excluding hydrogens is 378 g/mol. The van der Waals surface area contributed by atoms with E-state index >= 15 is 0 Å². The van der Waals surface area contributed by atoms with Crippen LogP contribution in [0.1, 0.15) is 31.7 Å². The van der Waals surface area contributed by atoms with Gasteiger partial charge in [-0.3, -0.25) is 0 Å². The molecule has 1 aliphatic carbocycles. The molecule has 1 fully saturated rings. The molecule has 0 spiro atoms. The van der Waals surface area contributed by atoms with Gasteiger partial charge in [0, 0.05) is 38.0 Å². The van der Waals surface area contributed by atoms with Gasteiger partial charge in [-0.25, -0.2) is 13.4 Å². The molecule has 1 aromatic carbocycles. The van der Waals surface area contributed by atoms with Gasteiger partial charge < -0.3 is 20.1 Å². The molecule has 0 bridgehead atoms. The Balaban J connectivity index is 1.93. The van der Waals surface area contributed by atoms with Crippen LogP contribution in [0.4, 0.5) is 0 Å². The van der Waals surface area contributed by atoms with Crippen LogP contribution in [0, 0.1) is 5.41 Å². The minimum absolute atomic E-state index is 0.151. The molecule has 0 saturated heterocycles. The van der Waals surface area contributed by atoms with E-state index in [9.17, 15) is 8.42 Å². The molecular formula is C20H33N3O4S. The van der Waals surface area contributed by atoms with E-state index in [0.29, 0.717) is 32.3 Å². The molecule has 0 heterocycles. The maximum absolute atomic E-state index is 11.7. The van der Waals surface area contributed by atoms with Crippen LogP contribution in [0.3, 0.4) is 0 Å². The molecule has 0 aromatic heterocycles. The van der Waals surface area contributed by atoms with E-state index in [0.717, 1.165) is 37.1 Å². The highest BCUT2D eigenvalue weighted by Crippen LogP contribution is 2.45. The summed E-state index contributed by atoms with van der Waals surface area (Å²) in [5.41, 5.74) is 0.926. The maximum atomic E-state index is 11.7. The Hall–Kier alpha value is -1.80. The lowest BCUT2D eigenvalue weighted by Gasteiger charge is -2.18. The van der Waals surface area contributed by atoms with Crippen LogP contribution in [0.15, 0.2) is 29.3 Å². The standard InChI is InChI=1S/C20H33N3O4S/c1-4-27-13-5-12-21-19(22-14-17-6-8-18(26-2)9-7-17)23-15-20(10-11-20)16-28(3,24)25/h6-9H,4-5,10-16H2,1-3H3,(H2,21,22,23). The van der Waals surface area contributed by atoms with Gasteiger partial charge >= 0.3 is 0 Å². The van der Waals surface area contributed by atoms with Crippen molar-refractivity contribution in [1.82, 2.24) is 10.6 Å². The number of sulfone groups is 1. The topological polar surface area (TPSA) is 89.0 Å². The highest BCUT2D eigenvalue weighted by Gasteiger charge is 2.45. The molecule has 7 nitrogen and oxygen atoms in total. The van der Waals surface area contributed by atoms with Crippen molar-refractivity contribution in [3.8, 4) is 5.75 Å². The fourth-order valence-corrected chi connectivity index (χ4v) is 4.48. The number of rotatable bonds is 12. The molecule has 0 radical (unpaired) electrons. The Kier molecular flexibility index (Phi) is 8.57. The second kappa shape index (κ2) is 10.7. The average Bonchev–Trinajstić information content (AvgIpc) is 3.41. The van der Waals surface area contributed by atoms with Crippen molar-refractivity contribution in [2.45, 2.75) is 32.7 Å². The first-order valence-corrected chi connectivity index (χ1v) is 11.8. The van der Waals surface area contributed by atoms with Crippen molar-refractivity contribution >= 4 is 15.8 Å². The van der Waals surface area contributed by atoms with Crippen molar-refractivity contribution in [2.75, 3.05) is 45.4 Å². The second-order valence-electron chi connectivity index (χ2n) is 7.41. The summed E-state index contributed by atoms with van der Waals surface area (Å²) < 4.78 is 33.9. The summed E-state index contributed by atoms with van der Waals surface area (Å²) in [6.07, 6.45) is 4.05. The monoisotopic (exact) mass is 411 g/mol. The summed E-state index contributed by atoms with van der Waals surface area (Å²) in [4.78, 5) is 4.66. The molecule has 0 unspecified atom stereocenters. The molecule has 28 heavy (non-hydrogen) atoms. The van der Waals surface area contributed by atoms with E-state index in [1.807, 2.05) is 31.2 Å². The number of aliphatic imine (C=N–C) groups is 1. The summed E-state index contributed by atoms with van der Waals surface area (Å²) in [6.45, 7) is 5.28. The van der Waals surface area contributed by atoms with Crippen LogP contribution in [-0.2, 0) is 21.1 Å². The van der Waals surface area contributed by atoms with Crippen LogP contribution in [0.5, 0.6) is 5.75 Å². The second-order valence-corrected chi connectivity index (χ2v) is 9.55. The van der Waals surface area contributed by atoms with Crippen LogP contribution in [0.25, 0.3) is 0 Å². The van der Waals surface area contributed by atoms with E-state index in [1.54, 1.807) is 7.11 Å². The lowest BCUT2D eigenvalue weighted by Crippen LogP contribution is -2.42. The fourth-order valence-electron chi connectivity index (χ4n) is 2.98. The predicted octanol–water partition coefficient (Wildman–Crippen LogP) is 1.98. The Morgan fingerprint density at radius 2 is 1.93 bits per heavy atom. The van der Waals surface area contributed by atoms with Crippen LogP contribution < -0.4 is 15.4 Å². The Morgan fingerprint density at radius 3 is 2.50 bits per heavy atom. The summed E-state index contributed by atoms with van der Waals surface area (Å²) in [5.74, 6) is 1.74. The first-order chi connectivity index (χ1) is 13.4. The van der Waals surface area contributed by atoms with Crippen molar-refractivity contribution in [1.29, 1.82) is 0 Å². The summed E-state index contributed by atoms with van der Waals surface area (Å²) >= 11 is 0. The normalized spacial score (nSPS) is 15.9. The minimum Gasteiger partial charge on any atom is -0.497 e. The average molecular weight is 412 g/mol. The molecule has 158 valence electrons. The SMILES string of the molecule is CCOCCCNC(=NCc1ccc(OC)cc1)NCC1(CS(C)(=O)=O)CC1. The first-order valence-electron chi connectivity index (χ1n) is 9.76. The highest BCUT2D eigenvalue weighted by atomic mass is 32.2. The number of guanidine groups is 1. The number of benzene rings is 1.